The standard InChI is InChI=1S/C16H21ClN4/c1-20(2)9-3-4-10-21-15-11-13(12-18)5-6-14(15)19-16(21)7-8-17/h5-6,11H,3-4,7-10H2,1-2H3. The summed E-state index contributed by atoms with van der Waals surface area (Å²) in [5, 5.41) is 9.07. The summed E-state index contributed by atoms with van der Waals surface area (Å²) in [6.07, 6.45) is 2.99. The maximum Gasteiger partial charge on any atom is 0.111 e. The molecule has 4 nitrogen and oxygen atoms in total. The highest BCUT2D eigenvalue weighted by atomic mass is 35.5. The first-order valence-corrected chi connectivity index (χ1v) is 7.79. The highest BCUT2D eigenvalue weighted by Gasteiger charge is 2.10. The molecule has 0 fully saturated rings. The molecule has 0 atom stereocenters. The van der Waals surface area contributed by atoms with Crippen LogP contribution >= 0.6 is 11.6 Å². The van der Waals surface area contributed by atoms with Gasteiger partial charge in [-0.3, -0.25) is 0 Å². The summed E-state index contributed by atoms with van der Waals surface area (Å²) in [6.45, 7) is 2.01. The van der Waals surface area contributed by atoms with Crippen LogP contribution in [0.2, 0.25) is 0 Å². The molecule has 2 rings (SSSR count). The minimum absolute atomic E-state index is 0.562. The summed E-state index contributed by atoms with van der Waals surface area (Å²) in [5.74, 6) is 1.58. The van der Waals surface area contributed by atoms with Gasteiger partial charge in [-0.1, -0.05) is 0 Å². The Hall–Kier alpha value is -1.57. The van der Waals surface area contributed by atoms with Gasteiger partial charge in [-0.2, -0.15) is 5.26 Å². The van der Waals surface area contributed by atoms with Crippen molar-refractivity contribution in [2.24, 2.45) is 0 Å². The summed E-state index contributed by atoms with van der Waals surface area (Å²) < 4.78 is 2.22. The number of hydrogen-bond donors (Lipinski definition) is 0. The fraction of sp³-hybridized carbons (Fsp3) is 0.500. The molecule has 1 aromatic carbocycles. The predicted octanol–water partition coefficient (Wildman–Crippen LogP) is 3.03. The van der Waals surface area contributed by atoms with Gasteiger partial charge in [-0.05, 0) is 51.7 Å². The number of rotatable bonds is 7. The third-order valence-electron chi connectivity index (χ3n) is 3.51. The molecule has 0 aliphatic carbocycles. The molecule has 2 aromatic rings. The minimum Gasteiger partial charge on any atom is -0.328 e. The molecule has 0 spiro atoms. The molecule has 0 aliphatic rings. The van der Waals surface area contributed by atoms with Gasteiger partial charge >= 0.3 is 0 Å². The highest BCUT2D eigenvalue weighted by Crippen LogP contribution is 2.19. The molecular weight excluding hydrogens is 284 g/mol. The third-order valence-corrected chi connectivity index (χ3v) is 3.70. The van der Waals surface area contributed by atoms with Crippen LogP contribution in [0.25, 0.3) is 11.0 Å². The van der Waals surface area contributed by atoms with E-state index in [9.17, 15) is 0 Å². The van der Waals surface area contributed by atoms with E-state index in [0.717, 1.165) is 49.2 Å². The molecule has 0 bridgehead atoms. The van der Waals surface area contributed by atoms with Crippen LogP contribution in [0.4, 0.5) is 0 Å². The van der Waals surface area contributed by atoms with Crippen molar-refractivity contribution in [3.8, 4) is 6.07 Å². The van der Waals surface area contributed by atoms with E-state index < -0.39 is 0 Å². The molecule has 1 heterocycles. The van der Waals surface area contributed by atoms with Crippen LogP contribution in [0.5, 0.6) is 0 Å². The number of aryl methyl sites for hydroxylation is 2. The molecule has 0 aliphatic heterocycles. The predicted molar refractivity (Wildman–Crippen MR) is 86.7 cm³/mol. The second-order valence-corrected chi connectivity index (χ2v) is 5.82. The zero-order valence-corrected chi connectivity index (χ0v) is 13.4. The van der Waals surface area contributed by atoms with Gasteiger partial charge in [0.05, 0.1) is 22.7 Å². The van der Waals surface area contributed by atoms with Crippen molar-refractivity contribution >= 4 is 22.6 Å². The monoisotopic (exact) mass is 304 g/mol. The molecule has 0 N–H and O–H groups in total. The lowest BCUT2D eigenvalue weighted by Gasteiger charge is -2.11. The largest absolute Gasteiger partial charge is 0.328 e. The average Bonchev–Trinajstić information content (AvgIpc) is 2.80. The van der Waals surface area contributed by atoms with Gasteiger partial charge < -0.3 is 9.47 Å². The summed E-state index contributed by atoms with van der Waals surface area (Å²) in [4.78, 5) is 6.84. The number of benzene rings is 1. The summed E-state index contributed by atoms with van der Waals surface area (Å²) in [6, 6.07) is 7.85. The summed E-state index contributed by atoms with van der Waals surface area (Å²) >= 11 is 5.88. The lowest BCUT2D eigenvalue weighted by Crippen LogP contribution is -2.14. The molecule has 112 valence electrons. The fourth-order valence-corrected chi connectivity index (χ4v) is 2.63. The van der Waals surface area contributed by atoms with Crippen LogP contribution in [-0.4, -0.2) is 41.0 Å². The van der Waals surface area contributed by atoms with Gasteiger partial charge in [0.15, 0.2) is 0 Å². The molecule has 0 amide bonds. The van der Waals surface area contributed by atoms with E-state index in [1.165, 1.54) is 0 Å². The minimum atomic E-state index is 0.562. The first-order chi connectivity index (χ1) is 10.2. The van der Waals surface area contributed by atoms with Crippen LogP contribution in [0.1, 0.15) is 24.2 Å². The van der Waals surface area contributed by atoms with Gasteiger partial charge in [0.2, 0.25) is 0 Å². The number of aromatic nitrogens is 2. The van der Waals surface area contributed by atoms with Crippen molar-refractivity contribution in [3.05, 3.63) is 29.6 Å². The van der Waals surface area contributed by atoms with Crippen molar-refractivity contribution < 1.29 is 0 Å². The molecule has 0 unspecified atom stereocenters. The van der Waals surface area contributed by atoms with E-state index in [0.29, 0.717) is 11.4 Å². The molecule has 0 radical (unpaired) electrons. The number of fused-ring (bicyclic) bond motifs is 1. The molecule has 0 saturated carbocycles. The number of nitrogens with zero attached hydrogens (tertiary/aromatic N) is 4. The second-order valence-electron chi connectivity index (χ2n) is 5.44. The zero-order valence-electron chi connectivity index (χ0n) is 12.6. The van der Waals surface area contributed by atoms with Crippen LogP contribution in [0, 0.1) is 11.3 Å². The Morgan fingerprint density at radius 1 is 1.33 bits per heavy atom. The number of alkyl halides is 1. The fourth-order valence-electron chi connectivity index (χ4n) is 2.46. The molecular formula is C16H21ClN4. The smallest absolute Gasteiger partial charge is 0.111 e. The Morgan fingerprint density at radius 3 is 2.81 bits per heavy atom. The van der Waals surface area contributed by atoms with Gasteiger partial charge in [0.25, 0.3) is 0 Å². The number of imidazole rings is 1. The summed E-state index contributed by atoms with van der Waals surface area (Å²) in [5.41, 5.74) is 2.66. The van der Waals surface area contributed by atoms with Crippen molar-refractivity contribution in [1.82, 2.24) is 14.5 Å². The van der Waals surface area contributed by atoms with Crippen molar-refractivity contribution in [1.29, 1.82) is 5.26 Å². The lowest BCUT2D eigenvalue weighted by molar-refractivity contribution is 0.387. The Morgan fingerprint density at radius 2 is 2.14 bits per heavy atom. The molecule has 1 aromatic heterocycles. The van der Waals surface area contributed by atoms with E-state index in [1.807, 2.05) is 18.2 Å². The maximum absolute atomic E-state index is 9.07. The maximum atomic E-state index is 9.07. The highest BCUT2D eigenvalue weighted by molar-refractivity contribution is 6.17. The van der Waals surface area contributed by atoms with Crippen molar-refractivity contribution in [3.63, 3.8) is 0 Å². The van der Waals surface area contributed by atoms with E-state index in [2.05, 4.69) is 34.6 Å². The van der Waals surface area contributed by atoms with E-state index in [1.54, 1.807) is 0 Å². The van der Waals surface area contributed by atoms with E-state index >= 15 is 0 Å². The van der Waals surface area contributed by atoms with Gasteiger partial charge in [-0.25, -0.2) is 4.98 Å². The average molecular weight is 305 g/mol. The summed E-state index contributed by atoms with van der Waals surface area (Å²) in [7, 11) is 4.18. The van der Waals surface area contributed by atoms with E-state index in [4.69, 9.17) is 16.9 Å². The number of halogens is 1. The van der Waals surface area contributed by atoms with Crippen LogP contribution in [0.3, 0.4) is 0 Å². The molecule has 5 heteroatoms. The SMILES string of the molecule is CN(C)CCCCn1c(CCCl)nc2ccc(C#N)cc21. The number of hydrogen-bond acceptors (Lipinski definition) is 3. The van der Waals surface area contributed by atoms with Gasteiger partial charge in [0.1, 0.15) is 5.82 Å². The Labute approximate surface area is 130 Å². The number of unbranched alkanes of at least 4 members (excludes halogenated alkanes) is 1. The number of nitriles is 1. The Kier molecular flexibility index (Phi) is 5.60. The lowest BCUT2D eigenvalue weighted by atomic mass is 10.2. The Balaban J connectivity index is 2.24. The first-order valence-electron chi connectivity index (χ1n) is 7.25. The van der Waals surface area contributed by atoms with E-state index in [-0.39, 0.29) is 0 Å². The molecule has 21 heavy (non-hydrogen) atoms. The topological polar surface area (TPSA) is 44.9 Å². The van der Waals surface area contributed by atoms with Crippen LogP contribution in [-0.2, 0) is 13.0 Å². The van der Waals surface area contributed by atoms with Gasteiger partial charge in [-0.15, -0.1) is 11.6 Å². The van der Waals surface area contributed by atoms with Gasteiger partial charge in [0, 0.05) is 18.8 Å². The second kappa shape index (κ2) is 7.44. The zero-order chi connectivity index (χ0) is 15.2. The normalized spacial score (nSPS) is 11.2. The molecule has 0 saturated heterocycles. The van der Waals surface area contributed by atoms with Crippen molar-refractivity contribution in [2.45, 2.75) is 25.8 Å². The van der Waals surface area contributed by atoms with Crippen LogP contribution in [0.15, 0.2) is 18.2 Å². The van der Waals surface area contributed by atoms with Crippen LogP contribution < -0.4 is 0 Å². The third kappa shape index (κ3) is 3.96. The van der Waals surface area contributed by atoms with Crippen molar-refractivity contribution in [2.75, 3.05) is 26.5 Å². The quantitative estimate of drug-likeness (QED) is 0.583. The Bertz CT molecular complexity index is 639. The first kappa shape index (κ1) is 15.8.